The van der Waals surface area contributed by atoms with Crippen molar-refractivity contribution in [2.75, 3.05) is 26.0 Å². The number of fused-ring (bicyclic) bond motifs is 5. The van der Waals surface area contributed by atoms with Gasteiger partial charge < -0.3 is 14.4 Å². The maximum absolute atomic E-state index is 14.5. The predicted octanol–water partition coefficient (Wildman–Crippen LogP) is 1.78. The van der Waals surface area contributed by atoms with Crippen LogP contribution in [0.5, 0.6) is 5.75 Å². The molecule has 1 aliphatic carbocycles. The van der Waals surface area contributed by atoms with Crippen molar-refractivity contribution in [1.29, 1.82) is 0 Å². The topological polar surface area (TPSA) is 84.9 Å². The molecule has 5 rings (SSSR count). The van der Waals surface area contributed by atoms with Crippen LogP contribution in [-0.4, -0.2) is 63.4 Å². The molecule has 9 heteroatoms. The first-order valence-corrected chi connectivity index (χ1v) is 12.0. The van der Waals surface area contributed by atoms with Crippen LogP contribution in [-0.2, 0) is 19.6 Å². The van der Waals surface area contributed by atoms with Crippen molar-refractivity contribution in [2.45, 2.75) is 56.2 Å². The minimum absolute atomic E-state index is 0.0568. The average Bonchev–Trinajstić information content (AvgIpc) is 3.06. The van der Waals surface area contributed by atoms with Crippen molar-refractivity contribution in [3.63, 3.8) is 0 Å². The Balaban J connectivity index is 1.62. The van der Waals surface area contributed by atoms with Crippen molar-refractivity contribution < 1.29 is 27.1 Å². The molecular weight excluding hydrogens is 399 g/mol. The normalized spacial score (nSPS) is 30.6. The van der Waals surface area contributed by atoms with E-state index in [4.69, 9.17) is 9.47 Å². The van der Waals surface area contributed by atoms with Gasteiger partial charge in [0, 0.05) is 18.2 Å². The number of carbonyl (C=O) groups is 1. The van der Waals surface area contributed by atoms with E-state index in [9.17, 15) is 17.6 Å². The largest absolute Gasteiger partial charge is 0.480 e. The highest BCUT2D eigenvalue weighted by Gasteiger charge is 2.40. The number of halogens is 1. The fraction of sp³-hybridized carbons (Fsp3) is 0.650. The Bertz CT molecular complexity index is 870. The van der Waals surface area contributed by atoms with E-state index in [0.29, 0.717) is 13.0 Å². The standard InChI is InChI=1S/C20H27FN2O5S/c1-29(25,26)22-17-9-10-23-18(17)11-27-14-7-5-13(6-8-14)15-3-2-4-16(21)20(15)28-12-19(23)24/h2-4,13-14,17-18,22H,5-12H2,1H3. The number of sulfonamides is 1. The molecule has 1 N–H and O–H groups in total. The fourth-order valence-corrected chi connectivity index (χ4v) is 5.60. The molecule has 3 aliphatic heterocycles. The van der Waals surface area contributed by atoms with E-state index < -0.39 is 27.9 Å². The molecule has 0 radical (unpaired) electrons. The first-order chi connectivity index (χ1) is 13.8. The highest BCUT2D eigenvalue weighted by atomic mass is 32.2. The molecule has 4 aliphatic rings. The lowest BCUT2D eigenvalue weighted by molar-refractivity contribution is -0.136. The number of benzene rings is 1. The first-order valence-electron chi connectivity index (χ1n) is 10.1. The molecule has 0 spiro atoms. The molecule has 2 atom stereocenters. The summed E-state index contributed by atoms with van der Waals surface area (Å²) in [5.41, 5.74) is 0.810. The summed E-state index contributed by atoms with van der Waals surface area (Å²) in [7, 11) is -3.41. The number of rotatable bonds is 2. The third-order valence-corrected chi connectivity index (χ3v) is 6.92. The van der Waals surface area contributed by atoms with Crippen LogP contribution in [0.3, 0.4) is 0 Å². The summed E-state index contributed by atoms with van der Waals surface area (Å²) in [6.07, 6.45) is 5.07. The molecule has 1 aromatic rings. The van der Waals surface area contributed by atoms with E-state index in [1.165, 1.54) is 6.07 Å². The molecule has 1 saturated heterocycles. The SMILES string of the molecule is CS(=O)(=O)NC1CCN2C(=O)COc3c(F)cccc3C3CCC(CC3)OCC12. The van der Waals surface area contributed by atoms with Crippen molar-refractivity contribution in [1.82, 2.24) is 9.62 Å². The number of ether oxygens (including phenoxy) is 2. The minimum atomic E-state index is -3.41. The number of carbonyl (C=O) groups excluding carboxylic acids is 1. The zero-order chi connectivity index (χ0) is 20.6. The van der Waals surface area contributed by atoms with E-state index in [0.717, 1.165) is 37.5 Å². The number of hydrogen-bond donors (Lipinski definition) is 1. The van der Waals surface area contributed by atoms with Crippen LogP contribution in [0.1, 0.15) is 43.6 Å². The van der Waals surface area contributed by atoms with Gasteiger partial charge in [0.1, 0.15) is 0 Å². The van der Waals surface area contributed by atoms with Crippen LogP contribution in [0.15, 0.2) is 18.2 Å². The molecular formula is C20H27FN2O5S. The van der Waals surface area contributed by atoms with Crippen LogP contribution in [0.25, 0.3) is 0 Å². The second-order valence-electron chi connectivity index (χ2n) is 8.19. The number of hydrogen-bond acceptors (Lipinski definition) is 5. The third-order valence-electron chi connectivity index (χ3n) is 6.19. The Labute approximate surface area is 170 Å². The Morgan fingerprint density at radius 3 is 2.66 bits per heavy atom. The van der Waals surface area contributed by atoms with Gasteiger partial charge in [-0.25, -0.2) is 17.5 Å². The highest BCUT2D eigenvalue weighted by Crippen LogP contribution is 2.40. The minimum Gasteiger partial charge on any atom is -0.480 e. The number of nitrogens with zero attached hydrogens (tertiary/aromatic N) is 1. The van der Waals surface area contributed by atoms with E-state index >= 15 is 0 Å². The van der Waals surface area contributed by atoms with Crippen LogP contribution in [0.4, 0.5) is 4.39 Å². The lowest BCUT2D eigenvalue weighted by Gasteiger charge is -2.32. The van der Waals surface area contributed by atoms with Gasteiger partial charge in [-0.2, -0.15) is 0 Å². The van der Waals surface area contributed by atoms with Crippen LogP contribution in [0.2, 0.25) is 0 Å². The summed E-state index contributed by atoms with van der Waals surface area (Å²) in [6, 6.07) is 4.09. The van der Waals surface area contributed by atoms with E-state index in [2.05, 4.69) is 4.72 Å². The monoisotopic (exact) mass is 426 g/mol. The molecule has 2 fully saturated rings. The summed E-state index contributed by atoms with van der Waals surface area (Å²) >= 11 is 0. The number of nitrogens with one attached hydrogen (secondary N) is 1. The predicted molar refractivity (Wildman–Crippen MR) is 105 cm³/mol. The molecule has 0 aromatic heterocycles. The van der Waals surface area contributed by atoms with Crippen molar-refractivity contribution in [3.05, 3.63) is 29.6 Å². The second kappa shape index (κ2) is 8.20. The van der Waals surface area contributed by atoms with Gasteiger partial charge in [0.05, 0.1) is 25.0 Å². The Hall–Kier alpha value is -1.71. The second-order valence-corrected chi connectivity index (χ2v) is 9.97. The summed E-state index contributed by atoms with van der Waals surface area (Å²) in [6.45, 7) is 0.391. The average molecular weight is 427 g/mol. The lowest BCUT2D eigenvalue weighted by atomic mass is 9.82. The van der Waals surface area contributed by atoms with Gasteiger partial charge in [-0.3, -0.25) is 4.79 Å². The van der Waals surface area contributed by atoms with Gasteiger partial charge in [-0.05, 0) is 44.1 Å². The molecule has 160 valence electrons. The molecule has 1 aromatic carbocycles. The lowest BCUT2D eigenvalue weighted by Crippen LogP contribution is -2.50. The molecule has 2 unspecified atom stereocenters. The summed E-state index contributed by atoms with van der Waals surface area (Å²) in [5, 5.41) is 0. The zero-order valence-electron chi connectivity index (χ0n) is 16.5. The van der Waals surface area contributed by atoms with Gasteiger partial charge in [-0.1, -0.05) is 12.1 Å². The zero-order valence-corrected chi connectivity index (χ0v) is 17.3. The van der Waals surface area contributed by atoms with Crippen molar-refractivity contribution in [2.24, 2.45) is 0 Å². The van der Waals surface area contributed by atoms with Gasteiger partial charge >= 0.3 is 0 Å². The first kappa shape index (κ1) is 20.6. The maximum atomic E-state index is 14.5. The molecule has 2 bridgehead atoms. The molecule has 3 heterocycles. The number of para-hydroxylation sites is 1. The van der Waals surface area contributed by atoms with Gasteiger partial charge in [0.25, 0.3) is 5.91 Å². The van der Waals surface area contributed by atoms with E-state index in [-0.39, 0.29) is 36.9 Å². The molecule has 1 saturated carbocycles. The molecule has 1 amide bonds. The quantitative estimate of drug-likeness (QED) is 0.779. The maximum Gasteiger partial charge on any atom is 0.260 e. The van der Waals surface area contributed by atoms with Crippen LogP contribution in [0, 0.1) is 5.82 Å². The van der Waals surface area contributed by atoms with Gasteiger partial charge in [0.2, 0.25) is 10.0 Å². The van der Waals surface area contributed by atoms with Crippen molar-refractivity contribution in [3.8, 4) is 5.75 Å². The van der Waals surface area contributed by atoms with E-state index in [1.54, 1.807) is 11.0 Å². The smallest absolute Gasteiger partial charge is 0.260 e. The Morgan fingerprint density at radius 1 is 1.17 bits per heavy atom. The van der Waals surface area contributed by atoms with Gasteiger partial charge in [0.15, 0.2) is 18.2 Å². The highest BCUT2D eigenvalue weighted by molar-refractivity contribution is 7.88. The summed E-state index contributed by atoms with van der Waals surface area (Å²) in [5.74, 6) is -0.419. The summed E-state index contributed by atoms with van der Waals surface area (Å²) in [4.78, 5) is 14.5. The molecule has 7 nitrogen and oxygen atoms in total. The fourth-order valence-electron chi connectivity index (χ4n) is 4.77. The van der Waals surface area contributed by atoms with Crippen LogP contribution < -0.4 is 9.46 Å². The van der Waals surface area contributed by atoms with Crippen LogP contribution >= 0.6 is 0 Å². The van der Waals surface area contributed by atoms with Gasteiger partial charge in [-0.15, -0.1) is 0 Å². The number of amides is 1. The Kier molecular flexibility index (Phi) is 5.81. The van der Waals surface area contributed by atoms with Crippen molar-refractivity contribution >= 4 is 15.9 Å². The Morgan fingerprint density at radius 2 is 1.93 bits per heavy atom. The summed E-state index contributed by atoms with van der Waals surface area (Å²) < 4.78 is 52.4. The third kappa shape index (κ3) is 4.57. The van der Waals surface area contributed by atoms with E-state index in [1.807, 2.05) is 6.07 Å². The molecule has 29 heavy (non-hydrogen) atoms.